The second kappa shape index (κ2) is 7.94. The summed E-state index contributed by atoms with van der Waals surface area (Å²) >= 11 is 0. The normalized spacial score (nSPS) is 15.5. The zero-order chi connectivity index (χ0) is 21.6. The quantitative estimate of drug-likeness (QED) is 0.420. The summed E-state index contributed by atoms with van der Waals surface area (Å²) < 4.78 is 11.1. The molecule has 0 N–H and O–H groups in total. The molecule has 3 aromatic rings. The van der Waals surface area contributed by atoms with E-state index >= 15 is 0 Å². The van der Waals surface area contributed by atoms with Crippen LogP contribution >= 0.6 is 0 Å². The van der Waals surface area contributed by atoms with Crippen LogP contribution in [0.5, 0.6) is 0 Å². The van der Waals surface area contributed by atoms with Crippen molar-refractivity contribution in [3.8, 4) is 11.3 Å². The van der Waals surface area contributed by atoms with Crippen molar-refractivity contribution in [2.24, 2.45) is 13.0 Å². The summed E-state index contributed by atoms with van der Waals surface area (Å²) in [6.45, 7) is 11.1. The van der Waals surface area contributed by atoms with Crippen LogP contribution in [0.4, 0.5) is 0 Å². The Morgan fingerprint density at radius 2 is 1.79 bits per heavy atom. The molecule has 1 aliphatic rings. The highest BCUT2D eigenvalue weighted by molar-refractivity contribution is 5.94. The monoisotopic (exact) mass is 387 g/mol. The number of rotatable bonds is 4. The highest BCUT2D eigenvalue weighted by Crippen LogP contribution is 2.38. The van der Waals surface area contributed by atoms with Gasteiger partial charge in [0.2, 0.25) is 5.69 Å². The fourth-order valence-corrected chi connectivity index (χ4v) is 5.08. The van der Waals surface area contributed by atoms with E-state index in [1.165, 1.54) is 64.6 Å². The third-order valence-electron chi connectivity index (χ3n) is 6.91. The van der Waals surface area contributed by atoms with Crippen LogP contribution in [0.25, 0.3) is 22.0 Å². The Balaban J connectivity index is 1.98. The number of pyridine rings is 1. The molecular weight excluding hydrogens is 350 g/mol. The molecule has 1 fully saturated rings. The Hall–Kier alpha value is -2.15. The first kappa shape index (κ1) is 18.9. The first-order valence-corrected chi connectivity index (χ1v) is 11.3. The Bertz CT molecular complexity index is 1100. The molecule has 0 saturated heterocycles. The van der Waals surface area contributed by atoms with Crippen LogP contribution in [0.1, 0.15) is 74.8 Å². The second-order valence-electron chi connectivity index (χ2n) is 9.59. The second-order valence-corrected chi connectivity index (χ2v) is 9.59. The van der Waals surface area contributed by atoms with Gasteiger partial charge in [-0.05, 0) is 84.7 Å². The van der Waals surface area contributed by atoms with Gasteiger partial charge in [0.15, 0.2) is 5.69 Å². The van der Waals surface area contributed by atoms with E-state index in [2.05, 4.69) is 76.6 Å². The molecule has 4 rings (SSSR count). The predicted octanol–water partition coefficient (Wildman–Crippen LogP) is 7.11. The summed E-state index contributed by atoms with van der Waals surface area (Å²) in [5.74, 6) is 1.32. The molecule has 1 heterocycles. The molecule has 1 nitrogen and oxygen atoms in total. The van der Waals surface area contributed by atoms with Crippen LogP contribution < -0.4 is 4.57 Å². The van der Waals surface area contributed by atoms with Crippen molar-refractivity contribution in [3.05, 3.63) is 64.3 Å². The van der Waals surface area contributed by atoms with Gasteiger partial charge < -0.3 is 0 Å². The lowest BCUT2D eigenvalue weighted by molar-refractivity contribution is -0.665. The highest BCUT2D eigenvalue weighted by atomic mass is 14.9. The van der Waals surface area contributed by atoms with Gasteiger partial charge in [-0.15, -0.1) is 0 Å². The van der Waals surface area contributed by atoms with Crippen LogP contribution in [-0.4, -0.2) is 0 Å². The number of hydrogen-bond acceptors (Lipinski definition) is 0. The van der Waals surface area contributed by atoms with Crippen molar-refractivity contribution in [1.82, 2.24) is 0 Å². The van der Waals surface area contributed by atoms with E-state index in [4.69, 9.17) is 1.37 Å². The van der Waals surface area contributed by atoms with Crippen LogP contribution in [0, 0.1) is 26.7 Å². The summed E-state index contributed by atoms with van der Waals surface area (Å²) in [5, 5.41) is 2.29. The van der Waals surface area contributed by atoms with Gasteiger partial charge in [-0.3, -0.25) is 0 Å². The van der Waals surface area contributed by atoms with Crippen molar-refractivity contribution in [1.29, 1.82) is 0 Å². The van der Waals surface area contributed by atoms with E-state index < -0.39 is 0 Å². The van der Waals surface area contributed by atoms with Crippen molar-refractivity contribution in [2.75, 3.05) is 0 Å². The smallest absolute Gasteiger partial charge is 0.198 e. The van der Waals surface area contributed by atoms with Crippen LogP contribution in [0.3, 0.4) is 0 Å². The Labute approximate surface area is 178 Å². The average Bonchev–Trinajstić information content (AvgIpc) is 3.24. The average molecular weight is 388 g/mol. The molecule has 0 bridgehead atoms. The molecule has 1 saturated carbocycles. The standard InChI is InChI=1S/C28H36N/c1-18(2)13-22-11-12-26-25(16-22)15-20(4)29(6)28(26)27-17-24(14-19(3)21(27)5)23-9-7-8-10-23/h11-12,14-18,23H,7-10,13H2,1-6H3/q+1/i15D. The van der Waals surface area contributed by atoms with Crippen molar-refractivity contribution >= 4 is 10.8 Å². The van der Waals surface area contributed by atoms with E-state index in [9.17, 15) is 0 Å². The molecular formula is C28H36N+. The maximum atomic E-state index is 8.82. The van der Waals surface area contributed by atoms with Crippen LogP contribution in [0.15, 0.2) is 36.4 Å². The summed E-state index contributed by atoms with van der Waals surface area (Å²) in [6.07, 6.45) is 6.40. The van der Waals surface area contributed by atoms with Crippen molar-refractivity contribution in [2.45, 2.75) is 72.6 Å². The molecule has 0 aliphatic heterocycles. The zero-order valence-corrected chi connectivity index (χ0v) is 19.0. The lowest BCUT2D eigenvalue weighted by Gasteiger charge is -2.17. The number of hydrogen-bond donors (Lipinski definition) is 0. The van der Waals surface area contributed by atoms with E-state index in [0.29, 0.717) is 17.9 Å². The minimum Gasteiger partial charge on any atom is -0.198 e. The van der Waals surface area contributed by atoms with Gasteiger partial charge in [-0.2, -0.15) is 4.57 Å². The molecule has 1 aliphatic carbocycles. The van der Waals surface area contributed by atoms with Gasteiger partial charge in [0.25, 0.3) is 0 Å². The maximum Gasteiger partial charge on any atom is 0.220 e. The summed E-state index contributed by atoms with van der Waals surface area (Å²) in [5.41, 5.74) is 9.20. The zero-order valence-electron chi connectivity index (χ0n) is 20.0. The number of aromatic nitrogens is 1. The fourth-order valence-electron chi connectivity index (χ4n) is 5.08. The predicted molar refractivity (Wildman–Crippen MR) is 125 cm³/mol. The minimum absolute atomic E-state index is 0.616. The Morgan fingerprint density at radius 1 is 1.07 bits per heavy atom. The van der Waals surface area contributed by atoms with Gasteiger partial charge in [0.1, 0.15) is 7.05 Å². The number of aryl methyl sites for hydroxylation is 1. The van der Waals surface area contributed by atoms with Crippen LogP contribution in [0.2, 0.25) is 0 Å². The van der Waals surface area contributed by atoms with Gasteiger partial charge in [-0.25, -0.2) is 0 Å². The molecule has 2 aromatic carbocycles. The summed E-state index contributed by atoms with van der Waals surface area (Å²) in [7, 11) is 2.13. The first-order chi connectivity index (χ1) is 14.3. The third-order valence-corrected chi connectivity index (χ3v) is 6.91. The molecule has 1 aromatic heterocycles. The van der Waals surface area contributed by atoms with E-state index in [1.807, 2.05) is 0 Å². The number of fused-ring (bicyclic) bond motifs is 1. The van der Waals surface area contributed by atoms with E-state index in [0.717, 1.165) is 17.5 Å². The van der Waals surface area contributed by atoms with Crippen LogP contribution in [-0.2, 0) is 13.5 Å². The fraction of sp³-hybridized carbons (Fsp3) is 0.464. The molecule has 0 radical (unpaired) electrons. The minimum atomic E-state index is 0.616. The molecule has 0 unspecified atom stereocenters. The number of nitrogens with zero attached hydrogens (tertiary/aromatic N) is 1. The summed E-state index contributed by atoms with van der Waals surface area (Å²) in [4.78, 5) is 0. The van der Waals surface area contributed by atoms with Gasteiger partial charge in [0.05, 0.1) is 12.3 Å². The van der Waals surface area contributed by atoms with E-state index in [-0.39, 0.29) is 0 Å². The molecule has 29 heavy (non-hydrogen) atoms. The largest absolute Gasteiger partial charge is 0.220 e. The Morgan fingerprint density at radius 3 is 2.48 bits per heavy atom. The van der Waals surface area contributed by atoms with Crippen molar-refractivity contribution in [3.63, 3.8) is 0 Å². The molecule has 152 valence electrons. The first-order valence-electron chi connectivity index (χ1n) is 11.8. The summed E-state index contributed by atoms with van der Waals surface area (Å²) in [6, 6.07) is 12.3. The molecule has 0 atom stereocenters. The van der Waals surface area contributed by atoms with Gasteiger partial charge >= 0.3 is 0 Å². The van der Waals surface area contributed by atoms with E-state index in [1.54, 1.807) is 0 Å². The van der Waals surface area contributed by atoms with Gasteiger partial charge in [-0.1, -0.05) is 44.9 Å². The molecule has 0 amide bonds. The molecule has 1 heteroatoms. The lowest BCUT2D eigenvalue weighted by atomic mass is 9.88. The Kier molecular flexibility index (Phi) is 5.16. The topological polar surface area (TPSA) is 3.88 Å². The van der Waals surface area contributed by atoms with Gasteiger partial charge in [0, 0.05) is 13.0 Å². The SMILES string of the molecule is [2H]c1c(C)[n+](C)c(-c2cc(C3CCCC3)cc(C)c2C)c2ccc(CC(C)C)cc12. The number of benzene rings is 2. The third kappa shape index (κ3) is 3.84. The molecule has 0 spiro atoms. The highest BCUT2D eigenvalue weighted by Gasteiger charge is 2.24. The maximum absolute atomic E-state index is 8.82. The van der Waals surface area contributed by atoms with Crippen molar-refractivity contribution < 1.29 is 5.94 Å². The lowest BCUT2D eigenvalue weighted by Crippen LogP contribution is -2.35.